The van der Waals surface area contributed by atoms with Crippen molar-refractivity contribution in [1.82, 2.24) is 5.32 Å². The van der Waals surface area contributed by atoms with Crippen LogP contribution in [0.5, 0.6) is 0 Å². The molecule has 0 spiro atoms. The number of ether oxygens (including phenoxy) is 1. The van der Waals surface area contributed by atoms with Crippen LogP contribution in [0.1, 0.15) is 367 Å². The Morgan fingerprint density at radius 2 is 0.662 bits per heavy atom. The highest BCUT2D eigenvalue weighted by Crippen LogP contribution is 2.18. The minimum Gasteiger partial charge on any atom is -0.466 e. The summed E-state index contributed by atoms with van der Waals surface area (Å²) in [4.78, 5) is 24.6. The molecule has 0 aliphatic carbocycles. The van der Waals surface area contributed by atoms with Crippen molar-refractivity contribution in [2.75, 3.05) is 13.2 Å². The standard InChI is InChI=1S/C65H127NO5/c1-3-5-7-9-11-13-15-17-19-21-23-24-25-26-27-29-33-37-41-45-49-53-57-63(68)62(61-67)66-64(69)58-54-50-46-42-38-34-31-32-36-40-44-48-52-56-60-71-65(70)59-55-51-47-43-39-35-30-28-22-20-18-16-14-12-10-8-6-4-2/h20,22,62-63,67-68H,3-19,21,23-61H2,1-2H3,(H,66,69)/b22-20-. The third kappa shape index (κ3) is 57.7. The first kappa shape index (κ1) is 69.6. The highest BCUT2D eigenvalue weighted by atomic mass is 16.5. The van der Waals surface area contributed by atoms with Crippen LogP contribution in [0.2, 0.25) is 0 Å². The first-order valence-electron chi connectivity index (χ1n) is 32.4. The second kappa shape index (κ2) is 61.1. The third-order valence-corrected chi connectivity index (χ3v) is 15.3. The second-order valence-corrected chi connectivity index (χ2v) is 22.5. The van der Waals surface area contributed by atoms with Crippen molar-refractivity contribution >= 4 is 11.9 Å². The second-order valence-electron chi connectivity index (χ2n) is 22.5. The van der Waals surface area contributed by atoms with Gasteiger partial charge in [0.1, 0.15) is 0 Å². The number of amides is 1. The molecule has 0 saturated heterocycles. The van der Waals surface area contributed by atoms with Crippen molar-refractivity contribution in [3.63, 3.8) is 0 Å². The van der Waals surface area contributed by atoms with E-state index in [9.17, 15) is 19.8 Å². The van der Waals surface area contributed by atoms with E-state index in [1.807, 2.05) is 0 Å². The van der Waals surface area contributed by atoms with Gasteiger partial charge in [0.15, 0.2) is 0 Å². The third-order valence-electron chi connectivity index (χ3n) is 15.3. The van der Waals surface area contributed by atoms with Gasteiger partial charge in [-0.3, -0.25) is 9.59 Å². The number of rotatable bonds is 61. The van der Waals surface area contributed by atoms with Crippen LogP contribution in [0.25, 0.3) is 0 Å². The van der Waals surface area contributed by atoms with Gasteiger partial charge < -0.3 is 20.3 Å². The predicted molar refractivity (Wildman–Crippen MR) is 310 cm³/mol. The summed E-state index contributed by atoms with van der Waals surface area (Å²) >= 11 is 0. The molecular weight excluding hydrogens is 875 g/mol. The zero-order chi connectivity index (χ0) is 51.4. The van der Waals surface area contributed by atoms with Crippen molar-refractivity contribution < 1.29 is 24.5 Å². The lowest BCUT2D eigenvalue weighted by Gasteiger charge is -2.22. The molecule has 0 aliphatic heterocycles. The van der Waals surface area contributed by atoms with Gasteiger partial charge in [0.25, 0.3) is 0 Å². The van der Waals surface area contributed by atoms with E-state index in [4.69, 9.17) is 4.74 Å². The molecule has 0 aromatic heterocycles. The zero-order valence-corrected chi connectivity index (χ0v) is 48.2. The number of carbonyl (C=O) groups excluding carboxylic acids is 2. The van der Waals surface area contributed by atoms with Crippen LogP contribution in [-0.2, 0) is 14.3 Å². The molecule has 0 bridgehead atoms. The van der Waals surface area contributed by atoms with E-state index >= 15 is 0 Å². The molecule has 0 radical (unpaired) electrons. The minimum absolute atomic E-state index is 0.00361. The molecule has 0 heterocycles. The molecule has 0 aromatic carbocycles. The molecular formula is C65H127NO5. The molecule has 0 fully saturated rings. The predicted octanol–water partition coefficient (Wildman–Crippen LogP) is 20.4. The smallest absolute Gasteiger partial charge is 0.305 e. The van der Waals surface area contributed by atoms with Crippen LogP contribution in [0, 0.1) is 0 Å². The first-order valence-corrected chi connectivity index (χ1v) is 32.4. The van der Waals surface area contributed by atoms with E-state index in [1.54, 1.807) is 0 Å². The number of nitrogens with one attached hydrogen (secondary N) is 1. The van der Waals surface area contributed by atoms with E-state index in [0.717, 1.165) is 51.4 Å². The summed E-state index contributed by atoms with van der Waals surface area (Å²) in [5.74, 6) is -0.0448. The lowest BCUT2D eigenvalue weighted by atomic mass is 10.0. The Bertz CT molecular complexity index is 1060. The summed E-state index contributed by atoms with van der Waals surface area (Å²) in [6.45, 7) is 4.96. The maximum absolute atomic E-state index is 12.5. The summed E-state index contributed by atoms with van der Waals surface area (Å²) in [5, 5.41) is 23.4. The van der Waals surface area contributed by atoms with Gasteiger partial charge in [-0.25, -0.2) is 0 Å². The van der Waals surface area contributed by atoms with Crippen LogP contribution >= 0.6 is 0 Å². The van der Waals surface area contributed by atoms with Crippen molar-refractivity contribution in [3.8, 4) is 0 Å². The van der Waals surface area contributed by atoms with E-state index in [-0.39, 0.29) is 18.5 Å². The number of hydrogen-bond donors (Lipinski definition) is 3. The van der Waals surface area contributed by atoms with Crippen LogP contribution in [-0.4, -0.2) is 47.4 Å². The summed E-state index contributed by atoms with van der Waals surface area (Å²) in [6.07, 6.45) is 73.6. The van der Waals surface area contributed by atoms with Crippen molar-refractivity contribution in [2.45, 2.75) is 379 Å². The molecule has 71 heavy (non-hydrogen) atoms. The SMILES string of the molecule is CCCCCCCCC/C=C\CCCCCCCCCC(=O)OCCCCCCCCCCCCCCCCC(=O)NC(CO)C(O)CCCCCCCCCCCCCCCCCCCCCCCC. The van der Waals surface area contributed by atoms with Gasteiger partial charge in [-0.2, -0.15) is 0 Å². The number of aliphatic hydroxyl groups is 2. The maximum Gasteiger partial charge on any atom is 0.305 e. The number of carbonyl (C=O) groups is 2. The average Bonchev–Trinajstić information content (AvgIpc) is 3.37. The van der Waals surface area contributed by atoms with Gasteiger partial charge in [0.2, 0.25) is 5.91 Å². The van der Waals surface area contributed by atoms with Gasteiger partial charge >= 0.3 is 5.97 Å². The molecule has 1 amide bonds. The van der Waals surface area contributed by atoms with Gasteiger partial charge in [-0.15, -0.1) is 0 Å². The van der Waals surface area contributed by atoms with Crippen LogP contribution in [0.4, 0.5) is 0 Å². The lowest BCUT2D eigenvalue weighted by Crippen LogP contribution is -2.45. The van der Waals surface area contributed by atoms with Gasteiger partial charge in [0.05, 0.1) is 25.4 Å². The van der Waals surface area contributed by atoms with Crippen LogP contribution < -0.4 is 5.32 Å². The Morgan fingerprint density at radius 3 is 1.00 bits per heavy atom. The van der Waals surface area contributed by atoms with Crippen LogP contribution in [0.3, 0.4) is 0 Å². The van der Waals surface area contributed by atoms with Gasteiger partial charge in [0, 0.05) is 12.8 Å². The Morgan fingerprint density at radius 1 is 0.380 bits per heavy atom. The monoisotopic (exact) mass is 1000 g/mol. The van der Waals surface area contributed by atoms with Gasteiger partial charge in [-0.1, -0.05) is 315 Å². The fraction of sp³-hybridized carbons (Fsp3) is 0.938. The van der Waals surface area contributed by atoms with Gasteiger partial charge in [-0.05, 0) is 51.4 Å². The summed E-state index contributed by atoms with van der Waals surface area (Å²) < 4.78 is 5.49. The zero-order valence-electron chi connectivity index (χ0n) is 48.2. The largest absolute Gasteiger partial charge is 0.466 e. The number of allylic oxidation sites excluding steroid dienone is 2. The fourth-order valence-electron chi connectivity index (χ4n) is 10.3. The number of aliphatic hydroxyl groups excluding tert-OH is 2. The Kier molecular flexibility index (Phi) is 59.9. The quantitative estimate of drug-likeness (QED) is 0.0320. The van der Waals surface area contributed by atoms with Crippen LogP contribution in [0.15, 0.2) is 12.2 Å². The highest BCUT2D eigenvalue weighted by Gasteiger charge is 2.20. The lowest BCUT2D eigenvalue weighted by molar-refractivity contribution is -0.143. The summed E-state index contributed by atoms with van der Waals surface area (Å²) in [6, 6.07) is -0.550. The number of unbranched alkanes of at least 4 members (excludes halogenated alkanes) is 48. The maximum atomic E-state index is 12.5. The van der Waals surface area contributed by atoms with Crippen molar-refractivity contribution in [2.24, 2.45) is 0 Å². The van der Waals surface area contributed by atoms with Crippen molar-refractivity contribution in [1.29, 1.82) is 0 Å². The molecule has 0 aliphatic rings. The Hall–Kier alpha value is -1.40. The molecule has 3 N–H and O–H groups in total. The molecule has 2 unspecified atom stereocenters. The minimum atomic E-state index is -0.672. The highest BCUT2D eigenvalue weighted by molar-refractivity contribution is 5.76. The van der Waals surface area contributed by atoms with Crippen molar-refractivity contribution in [3.05, 3.63) is 12.2 Å². The number of hydrogen-bond acceptors (Lipinski definition) is 5. The number of esters is 1. The van der Waals surface area contributed by atoms with E-state index in [2.05, 4.69) is 31.3 Å². The molecule has 0 aromatic rings. The Balaban J connectivity index is 3.42. The molecule has 2 atom stereocenters. The normalized spacial score (nSPS) is 12.6. The summed E-state index contributed by atoms with van der Waals surface area (Å²) in [7, 11) is 0. The van der Waals surface area contributed by atoms with E-state index < -0.39 is 12.1 Å². The fourth-order valence-corrected chi connectivity index (χ4v) is 10.3. The van der Waals surface area contributed by atoms with E-state index in [0.29, 0.717) is 25.9 Å². The molecule has 6 heteroatoms. The molecule has 6 nitrogen and oxygen atoms in total. The molecule has 0 saturated carbocycles. The molecule has 422 valence electrons. The van der Waals surface area contributed by atoms with E-state index in [1.165, 1.54) is 283 Å². The summed E-state index contributed by atoms with van der Waals surface area (Å²) in [5.41, 5.74) is 0. The topological polar surface area (TPSA) is 95.9 Å². The molecule has 0 rings (SSSR count). The average molecular weight is 1000 g/mol. The first-order chi connectivity index (χ1) is 35.0. The Labute approximate surface area is 444 Å².